The number of amides is 2. The Morgan fingerprint density at radius 3 is 2.06 bits per heavy atom. The van der Waals surface area contributed by atoms with Gasteiger partial charge in [0.05, 0.1) is 17.9 Å². The highest BCUT2D eigenvalue weighted by atomic mass is 16.2. The fraction of sp³-hybridized carbons (Fsp3) is 0.308. The van der Waals surface area contributed by atoms with Gasteiger partial charge in [-0.05, 0) is 24.5 Å². The minimum atomic E-state index is -0.243. The summed E-state index contributed by atoms with van der Waals surface area (Å²) in [7, 11) is 0. The van der Waals surface area contributed by atoms with E-state index in [9.17, 15) is 9.59 Å². The molecule has 0 bridgehead atoms. The number of hydrogen-bond acceptors (Lipinski definition) is 4. The minimum absolute atomic E-state index is 0.105. The van der Waals surface area contributed by atoms with Crippen molar-refractivity contribution in [2.45, 2.75) is 39.2 Å². The molecule has 0 aliphatic rings. The monoisotopic (exact) mass is 430 g/mol. The first-order chi connectivity index (χ1) is 15.6. The van der Waals surface area contributed by atoms with Gasteiger partial charge < -0.3 is 10.2 Å². The molecule has 6 nitrogen and oxygen atoms in total. The Morgan fingerprint density at radius 1 is 0.906 bits per heavy atom. The van der Waals surface area contributed by atoms with Gasteiger partial charge in [-0.25, -0.2) is 4.98 Å². The predicted molar refractivity (Wildman–Crippen MR) is 125 cm³/mol. The predicted octanol–water partition coefficient (Wildman–Crippen LogP) is 4.32. The second-order valence-corrected chi connectivity index (χ2v) is 7.76. The van der Waals surface area contributed by atoms with Gasteiger partial charge in [-0.1, -0.05) is 74.0 Å². The lowest BCUT2D eigenvalue weighted by molar-refractivity contribution is -0.121. The summed E-state index contributed by atoms with van der Waals surface area (Å²) < 4.78 is 0. The van der Waals surface area contributed by atoms with Crippen LogP contribution in [0.2, 0.25) is 0 Å². The largest absolute Gasteiger partial charge is 0.345 e. The highest BCUT2D eigenvalue weighted by Crippen LogP contribution is 2.22. The van der Waals surface area contributed by atoms with E-state index in [1.807, 2.05) is 67.6 Å². The first kappa shape index (κ1) is 23.1. The molecule has 1 N–H and O–H groups in total. The highest BCUT2D eigenvalue weighted by Gasteiger charge is 2.20. The van der Waals surface area contributed by atoms with E-state index in [0.29, 0.717) is 18.8 Å². The van der Waals surface area contributed by atoms with Crippen LogP contribution in [0.4, 0.5) is 0 Å². The zero-order chi connectivity index (χ0) is 22.8. The van der Waals surface area contributed by atoms with Crippen molar-refractivity contribution in [1.82, 2.24) is 20.2 Å². The smallest absolute Gasteiger partial charge is 0.274 e. The molecule has 1 heterocycles. The molecule has 32 heavy (non-hydrogen) atoms. The molecule has 0 aliphatic carbocycles. The molecule has 3 rings (SSSR count). The molecule has 6 heteroatoms. The number of carbonyl (C=O) groups excluding carboxylic acids is 2. The van der Waals surface area contributed by atoms with Crippen molar-refractivity contribution in [2.75, 3.05) is 13.1 Å². The maximum absolute atomic E-state index is 12.9. The van der Waals surface area contributed by atoms with Crippen molar-refractivity contribution < 1.29 is 9.59 Å². The number of rotatable bonds is 10. The van der Waals surface area contributed by atoms with Gasteiger partial charge >= 0.3 is 0 Å². The van der Waals surface area contributed by atoms with Crippen molar-refractivity contribution in [3.05, 3.63) is 95.6 Å². The van der Waals surface area contributed by atoms with Crippen LogP contribution in [0.3, 0.4) is 0 Å². The van der Waals surface area contributed by atoms with E-state index in [1.165, 1.54) is 6.20 Å². The van der Waals surface area contributed by atoms with Gasteiger partial charge in [0.2, 0.25) is 5.91 Å². The zero-order valence-electron chi connectivity index (χ0n) is 18.7. The van der Waals surface area contributed by atoms with Crippen LogP contribution in [-0.2, 0) is 4.79 Å². The van der Waals surface area contributed by atoms with Crippen LogP contribution in [0.25, 0.3) is 0 Å². The van der Waals surface area contributed by atoms with E-state index in [4.69, 9.17) is 0 Å². The third kappa shape index (κ3) is 6.48. The first-order valence-electron chi connectivity index (χ1n) is 11.1. The van der Waals surface area contributed by atoms with Crippen LogP contribution in [0.5, 0.6) is 0 Å². The molecule has 0 aliphatic heterocycles. The number of hydrogen-bond donors (Lipinski definition) is 1. The van der Waals surface area contributed by atoms with Crippen LogP contribution in [0, 0.1) is 6.92 Å². The van der Waals surface area contributed by atoms with Crippen molar-refractivity contribution in [2.24, 2.45) is 0 Å². The molecular weight excluding hydrogens is 400 g/mol. The molecule has 166 valence electrons. The second-order valence-electron chi connectivity index (χ2n) is 7.76. The van der Waals surface area contributed by atoms with Crippen LogP contribution >= 0.6 is 0 Å². The molecule has 0 atom stereocenters. The molecule has 0 unspecified atom stereocenters. The van der Waals surface area contributed by atoms with Gasteiger partial charge in [-0.3, -0.25) is 14.6 Å². The second kappa shape index (κ2) is 11.7. The molecule has 0 fully saturated rings. The molecule has 0 spiro atoms. The van der Waals surface area contributed by atoms with Crippen molar-refractivity contribution >= 4 is 11.8 Å². The summed E-state index contributed by atoms with van der Waals surface area (Å²) >= 11 is 0. The maximum atomic E-state index is 12.9. The number of nitrogens with one attached hydrogen (secondary N) is 1. The van der Waals surface area contributed by atoms with E-state index in [1.54, 1.807) is 11.1 Å². The van der Waals surface area contributed by atoms with Gasteiger partial charge in [0.1, 0.15) is 5.69 Å². The Bertz CT molecular complexity index is 952. The Balaban J connectivity index is 1.69. The summed E-state index contributed by atoms with van der Waals surface area (Å²) in [5.41, 5.74) is 3.09. The Hall–Kier alpha value is -3.54. The molecule has 1 aromatic heterocycles. The summed E-state index contributed by atoms with van der Waals surface area (Å²) in [6.07, 6.45) is 5.12. The molecular formula is C26H30N4O2. The van der Waals surface area contributed by atoms with Crippen LogP contribution in [0.15, 0.2) is 73.1 Å². The SMILES string of the molecule is CCCCN(CCC(=O)NC(c1ccccc1)c1ccccc1)C(=O)c1cnc(C)cn1. The number of benzene rings is 2. The summed E-state index contributed by atoms with van der Waals surface area (Å²) in [6.45, 7) is 4.82. The van der Waals surface area contributed by atoms with Gasteiger partial charge in [0.25, 0.3) is 5.91 Å². The number of aryl methyl sites for hydroxylation is 1. The summed E-state index contributed by atoms with van der Waals surface area (Å²) in [4.78, 5) is 35.9. The summed E-state index contributed by atoms with van der Waals surface area (Å²) in [5, 5.41) is 3.14. The molecule has 0 radical (unpaired) electrons. The van der Waals surface area contributed by atoms with Crippen LogP contribution < -0.4 is 5.32 Å². The summed E-state index contributed by atoms with van der Waals surface area (Å²) in [6, 6.07) is 19.5. The lowest BCUT2D eigenvalue weighted by Crippen LogP contribution is -2.37. The van der Waals surface area contributed by atoms with Crippen molar-refractivity contribution in [1.29, 1.82) is 0 Å². The molecule has 2 aromatic carbocycles. The van der Waals surface area contributed by atoms with Gasteiger partial charge in [-0.15, -0.1) is 0 Å². The van der Waals surface area contributed by atoms with E-state index in [-0.39, 0.29) is 24.3 Å². The summed E-state index contributed by atoms with van der Waals surface area (Å²) in [5.74, 6) is -0.298. The minimum Gasteiger partial charge on any atom is -0.345 e. The van der Waals surface area contributed by atoms with E-state index >= 15 is 0 Å². The third-order valence-electron chi connectivity index (χ3n) is 5.25. The Morgan fingerprint density at radius 2 is 1.53 bits per heavy atom. The van der Waals surface area contributed by atoms with Crippen LogP contribution in [-0.4, -0.2) is 39.8 Å². The maximum Gasteiger partial charge on any atom is 0.274 e. The van der Waals surface area contributed by atoms with Gasteiger partial charge in [0, 0.05) is 25.7 Å². The molecule has 0 saturated carbocycles. The average molecular weight is 431 g/mol. The molecule has 0 saturated heterocycles. The molecule has 3 aromatic rings. The van der Waals surface area contributed by atoms with Crippen LogP contribution in [0.1, 0.15) is 59.5 Å². The van der Waals surface area contributed by atoms with Gasteiger partial charge in [-0.2, -0.15) is 0 Å². The zero-order valence-corrected chi connectivity index (χ0v) is 18.7. The highest BCUT2D eigenvalue weighted by molar-refractivity contribution is 5.92. The lowest BCUT2D eigenvalue weighted by atomic mass is 9.98. The van der Waals surface area contributed by atoms with E-state index < -0.39 is 0 Å². The third-order valence-corrected chi connectivity index (χ3v) is 5.25. The van der Waals surface area contributed by atoms with Crippen molar-refractivity contribution in [3.8, 4) is 0 Å². The van der Waals surface area contributed by atoms with Crippen molar-refractivity contribution in [3.63, 3.8) is 0 Å². The number of aromatic nitrogens is 2. The standard InChI is InChI=1S/C26H30N4O2/c1-3-4-16-30(26(32)23-19-27-20(2)18-28-23)17-15-24(31)29-25(21-11-7-5-8-12-21)22-13-9-6-10-14-22/h5-14,18-19,25H,3-4,15-17H2,1-2H3,(H,29,31). The normalized spacial score (nSPS) is 10.7. The first-order valence-corrected chi connectivity index (χ1v) is 11.1. The molecule has 2 amide bonds. The Labute approximate surface area is 189 Å². The number of nitrogens with zero attached hydrogens (tertiary/aromatic N) is 3. The van der Waals surface area contributed by atoms with Gasteiger partial charge in [0.15, 0.2) is 0 Å². The van der Waals surface area contributed by atoms with E-state index in [2.05, 4.69) is 22.2 Å². The fourth-order valence-corrected chi connectivity index (χ4v) is 3.45. The lowest BCUT2D eigenvalue weighted by Gasteiger charge is -2.24. The van der Waals surface area contributed by atoms with E-state index in [0.717, 1.165) is 29.7 Å². The Kier molecular flexibility index (Phi) is 8.49. The fourth-order valence-electron chi connectivity index (χ4n) is 3.45. The number of unbranched alkanes of at least 4 members (excludes halogenated alkanes) is 1. The number of carbonyl (C=O) groups is 2. The average Bonchev–Trinajstić information content (AvgIpc) is 2.84. The topological polar surface area (TPSA) is 75.2 Å². The quantitative estimate of drug-likeness (QED) is 0.520.